The smallest absolute Gasteiger partial charge is 0.251 e. The summed E-state index contributed by atoms with van der Waals surface area (Å²) < 4.78 is 29.8. The molecule has 9 heteroatoms. The maximum atomic E-state index is 12.4. The number of sulfonamides is 1. The highest BCUT2D eigenvalue weighted by Crippen LogP contribution is 2.22. The maximum absolute atomic E-state index is 12.4. The van der Waals surface area contributed by atoms with Gasteiger partial charge in [0.1, 0.15) is 0 Å². The van der Waals surface area contributed by atoms with Gasteiger partial charge in [0.15, 0.2) is 0 Å². The lowest BCUT2D eigenvalue weighted by atomic mass is 10.1. The molecule has 0 spiro atoms. The molecule has 0 fully saturated rings. The molecule has 0 saturated carbocycles. The van der Waals surface area contributed by atoms with Gasteiger partial charge in [-0.25, -0.2) is 8.42 Å². The summed E-state index contributed by atoms with van der Waals surface area (Å²) in [7, 11) is -1.90. The van der Waals surface area contributed by atoms with E-state index in [0.29, 0.717) is 28.5 Å². The monoisotopic (exact) mass is 414 g/mol. The molecule has 0 aliphatic heterocycles. The van der Waals surface area contributed by atoms with Crippen LogP contribution < -0.4 is 9.62 Å². The average molecular weight is 414 g/mol. The third-order valence-corrected chi connectivity index (χ3v) is 5.67. The van der Waals surface area contributed by atoms with Crippen molar-refractivity contribution in [3.63, 3.8) is 0 Å². The van der Waals surface area contributed by atoms with Crippen molar-refractivity contribution in [1.29, 1.82) is 0 Å². The first-order valence-corrected chi connectivity index (χ1v) is 10.7. The summed E-state index contributed by atoms with van der Waals surface area (Å²) in [6.45, 7) is 3.83. The van der Waals surface area contributed by atoms with Crippen LogP contribution in [0.25, 0.3) is 11.4 Å². The van der Waals surface area contributed by atoms with Gasteiger partial charge in [-0.2, -0.15) is 4.98 Å². The van der Waals surface area contributed by atoms with Crippen molar-refractivity contribution in [2.45, 2.75) is 20.4 Å². The van der Waals surface area contributed by atoms with E-state index in [-0.39, 0.29) is 12.5 Å². The molecule has 3 rings (SSSR count). The first kappa shape index (κ1) is 20.5. The van der Waals surface area contributed by atoms with Crippen LogP contribution in [-0.4, -0.2) is 37.8 Å². The number of carbonyl (C=O) groups is 1. The minimum Gasteiger partial charge on any atom is -0.343 e. The van der Waals surface area contributed by atoms with Crippen LogP contribution in [0.1, 0.15) is 27.4 Å². The molecule has 3 aromatic rings. The van der Waals surface area contributed by atoms with E-state index in [0.717, 1.165) is 17.4 Å². The van der Waals surface area contributed by atoms with E-state index in [1.54, 1.807) is 25.1 Å². The van der Waals surface area contributed by atoms with Crippen molar-refractivity contribution in [2.75, 3.05) is 17.6 Å². The second-order valence-electron chi connectivity index (χ2n) is 6.79. The molecule has 29 heavy (non-hydrogen) atoms. The molecule has 1 heterocycles. The van der Waals surface area contributed by atoms with Crippen molar-refractivity contribution in [3.8, 4) is 11.4 Å². The topological polar surface area (TPSA) is 105 Å². The van der Waals surface area contributed by atoms with Crippen LogP contribution in [0.5, 0.6) is 0 Å². The molecule has 0 atom stereocenters. The zero-order chi connectivity index (χ0) is 21.2. The molecule has 2 aromatic carbocycles. The number of benzene rings is 2. The third-order valence-electron chi connectivity index (χ3n) is 4.47. The van der Waals surface area contributed by atoms with E-state index >= 15 is 0 Å². The lowest BCUT2D eigenvalue weighted by Gasteiger charge is -2.19. The quantitative estimate of drug-likeness (QED) is 0.665. The number of nitrogens with one attached hydrogen (secondary N) is 1. The Bertz CT molecular complexity index is 1140. The van der Waals surface area contributed by atoms with Crippen molar-refractivity contribution >= 4 is 21.6 Å². The van der Waals surface area contributed by atoms with Gasteiger partial charge in [0.25, 0.3) is 5.91 Å². The zero-order valence-corrected chi connectivity index (χ0v) is 17.4. The molecule has 0 radical (unpaired) electrons. The normalized spacial score (nSPS) is 11.3. The highest BCUT2D eigenvalue weighted by atomic mass is 32.2. The Morgan fingerprint density at radius 1 is 1.14 bits per heavy atom. The third kappa shape index (κ3) is 4.80. The minimum atomic E-state index is -3.38. The summed E-state index contributed by atoms with van der Waals surface area (Å²) >= 11 is 0. The number of aryl methyl sites for hydroxylation is 2. The molecule has 1 aromatic heterocycles. The molecular weight excluding hydrogens is 392 g/mol. The summed E-state index contributed by atoms with van der Waals surface area (Å²) in [6, 6.07) is 12.5. The van der Waals surface area contributed by atoms with Gasteiger partial charge in [-0.15, -0.1) is 0 Å². The number of aromatic nitrogens is 2. The highest BCUT2D eigenvalue weighted by Gasteiger charge is 2.16. The summed E-state index contributed by atoms with van der Waals surface area (Å²) in [5.41, 5.74) is 3.56. The minimum absolute atomic E-state index is 0.0851. The van der Waals surface area contributed by atoms with Crippen LogP contribution in [0.2, 0.25) is 0 Å². The Kier molecular flexibility index (Phi) is 5.69. The Labute approximate surface area is 169 Å². The lowest BCUT2D eigenvalue weighted by Crippen LogP contribution is -2.26. The van der Waals surface area contributed by atoms with Crippen molar-refractivity contribution in [2.24, 2.45) is 0 Å². The fourth-order valence-electron chi connectivity index (χ4n) is 2.73. The highest BCUT2D eigenvalue weighted by molar-refractivity contribution is 7.92. The van der Waals surface area contributed by atoms with Crippen molar-refractivity contribution < 1.29 is 17.7 Å². The van der Waals surface area contributed by atoms with Crippen LogP contribution in [-0.2, 0) is 16.6 Å². The molecule has 152 valence electrons. The molecule has 8 nitrogen and oxygen atoms in total. The molecule has 1 amide bonds. The Hall–Kier alpha value is -3.20. The van der Waals surface area contributed by atoms with E-state index in [4.69, 9.17) is 4.52 Å². The number of anilines is 1. The van der Waals surface area contributed by atoms with Crippen LogP contribution >= 0.6 is 0 Å². The average Bonchev–Trinajstić information content (AvgIpc) is 3.14. The van der Waals surface area contributed by atoms with Gasteiger partial charge in [0.05, 0.1) is 18.5 Å². The summed E-state index contributed by atoms with van der Waals surface area (Å²) in [5, 5.41) is 6.66. The number of hydrogen-bond donors (Lipinski definition) is 1. The fourth-order valence-corrected chi connectivity index (χ4v) is 3.30. The van der Waals surface area contributed by atoms with E-state index in [9.17, 15) is 13.2 Å². The summed E-state index contributed by atoms with van der Waals surface area (Å²) in [4.78, 5) is 16.7. The van der Waals surface area contributed by atoms with Crippen LogP contribution in [0.4, 0.5) is 5.69 Å². The molecule has 0 bridgehead atoms. The number of rotatable bonds is 6. The van der Waals surface area contributed by atoms with Crippen LogP contribution in [0, 0.1) is 13.8 Å². The van der Waals surface area contributed by atoms with Gasteiger partial charge in [-0.1, -0.05) is 35.0 Å². The SMILES string of the molecule is Cc1ccc(-c2noc(CNC(=O)c3ccc(N(C)S(C)(=O)=O)c(C)c3)n2)cc1. The van der Waals surface area contributed by atoms with Crippen molar-refractivity contribution in [1.82, 2.24) is 15.5 Å². The molecule has 0 aliphatic carbocycles. The first-order chi connectivity index (χ1) is 13.6. The summed E-state index contributed by atoms with van der Waals surface area (Å²) in [5.74, 6) is 0.425. The van der Waals surface area contributed by atoms with Gasteiger partial charge >= 0.3 is 0 Å². The van der Waals surface area contributed by atoms with Crippen LogP contribution in [0.15, 0.2) is 47.0 Å². The van der Waals surface area contributed by atoms with Crippen LogP contribution in [0.3, 0.4) is 0 Å². The van der Waals surface area contributed by atoms with Gasteiger partial charge in [-0.3, -0.25) is 9.10 Å². The predicted molar refractivity (Wildman–Crippen MR) is 110 cm³/mol. The van der Waals surface area contributed by atoms with E-state index < -0.39 is 10.0 Å². The second-order valence-corrected chi connectivity index (χ2v) is 8.81. The fraction of sp³-hybridized carbons (Fsp3) is 0.250. The molecular formula is C20H22N4O4S. The van der Waals surface area contributed by atoms with Gasteiger partial charge in [0, 0.05) is 18.2 Å². The number of carbonyl (C=O) groups excluding carboxylic acids is 1. The molecule has 0 unspecified atom stereocenters. The second kappa shape index (κ2) is 8.04. The molecule has 0 aliphatic rings. The standard InChI is InChI=1S/C20H22N4O4S/c1-13-5-7-15(8-6-13)19-22-18(28-23-19)12-21-20(25)16-9-10-17(14(2)11-16)24(3)29(4,26)27/h5-11H,12H2,1-4H3,(H,21,25). The predicted octanol–water partition coefficient (Wildman–Crippen LogP) is 2.68. The number of hydrogen-bond acceptors (Lipinski definition) is 6. The van der Waals surface area contributed by atoms with E-state index in [1.807, 2.05) is 31.2 Å². The largest absolute Gasteiger partial charge is 0.343 e. The number of amides is 1. The van der Waals surface area contributed by atoms with Gasteiger partial charge in [-0.05, 0) is 37.6 Å². The van der Waals surface area contributed by atoms with E-state index in [2.05, 4.69) is 15.5 Å². The van der Waals surface area contributed by atoms with E-state index in [1.165, 1.54) is 11.4 Å². The maximum Gasteiger partial charge on any atom is 0.251 e. The summed E-state index contributed by atoms with van der Waals surface area (Å²) in [6.07, 6.45) is 1.13. The van der Waals surface area contributed by atoms with Crippen molar-refractivity contribution in [3.05, 3.63) is 65.0 Å². The Morgan fingerprint density at radius 2 is 1.83 bits per heavy atom. The molecule has 0 saturated heterocycles. The number of nitrogens with zero attached hydrogens (tertiary/aromatic N) is 3. The zero-order valence-electron chi connectivity index (χ0n) is 16.6. The van der Waals surface area contributed by atoms with Gasteiger partial charge in [0.2, 0.25) is 21.7 Å². The molecule has 1 N–H and O–H groups in total. The van der Waals surface area contributed by atoms with Gasteiger partial charge < -0.3 is 9.84 Å². The first-order valence-electron chi connectivity index (χ1n) is 8.87. The lowest BCUT2D eigenvalue weighted by molar-refractivity contribution is 0.0946. The Balaban J connectivity index is 1.67. The Morgan fingerprint density at radius 3 is 2.45 bits per heavy atom.